The zero-order chi connectivity index (χ0) is 23.1. The minimum Gasteiger partial charge on any atom is -0.393 e. The van der Waals surface area contributed by atoms with Gasteiger partial charge in [0.25, 0.3) is 0 Å². The van der Waals surface area contributed by atoms with E-state index >= 15 is 0 Å². The number of fused-ring (bicyclic) bond motifs is 3. The van der Waals surface area contributed by atoms with E-state index in [0.29, 0.717) is 18.9 Å². The molecule has 2 aliphatic carbocycles. The number of nitrogens with zero attached hydrogens (tertiary/aromatic N) is 1. The summed E-state index contributed by atoms with van der Waals surface area (Å²) in [5.41, 5.74) is 1.09. The van der Waals surface area contributed by atoms with Gasteiger partial charge >= 0.3 is 0 Å². The number of amides is 1. The highest BCUT2D eigenvalue weighted by Gasteiger charge is 2.61. The minimum atomic E-state index is -0.397. The first-order valence-electron chi connectivity index (χ1n) is 12.7. The Hall–Kier alpha value is -1.08. The number of carbonyl (C=O) groups is 1. The molecule has 0 spiro atoms. The summed E-state index contributed by atoms with van der Waals surface area (Å²) < 4.78 is 12.9. The van der Waals surface area contributed by atoms with Crippen LogP contribution in [0.4, 0.5) is 0 Å². The van der Waals surface area contributed by atoms with Crippen molar-refractivity contribution in [1.29, 1.82) is 0 Å². The second-order valence-electron chi connectivity index (χ2n) is 11.1. The quantitative estimate of drug-likeness (QED) is 0.713. The molecule has 7 atom stereocenters. The lowest BCUT2D eigenvalue weighted by molar-refractivity contribution is -0.308. The summed E-state index contributed by atoms with van der Waals surface area (Å²) in [7, 11) is 0. The monoisotopic (exact) mass is 473 g/mol. The lowest BCUT2D eigenvalue weighted by atomic mass is 9.46. The maximum atomic E-state index is 13.2. The Labute approximate surface area is 202 Å². The molecule has 2 heterocycles. The van der Waals surface area contributed by atoms with Crippen molar-refractivity contribution in [1.82, 2.24) is 4.90 Å². The van der Waals surface area contributed by atoms with Crippen LogP contribution >= 0.6 is 11.8 Å². The first kappa shape index (κ1) is 23.7. The Morgan fingerprint density at radius 1 is 1.12 bits per heavy atom. The zero-order valence-electron chi connectivity index (χ0n) is 20.1. The van der Waals surface area contributed by atoms with Crippen LogP contribution in [0.3, 0.4) is 0 Å². The van der Waals surface area contributed by atoms with Gasteiger partial charge in [0.1, 0.15) is 0 Å². The van der Waals surface area contributed by atoms with Crippen LogP contribution in [0.1, 0.15) is 51.5 Å². The van der Waals surface area contributed by atoms with E-state index in [-0.39, 0.29) is 35.0 Å². The van der Waals surface area contributed by atoms with Crippen LogP contribution in [0, 0.1) is 22.7 Å². The van der Waals surface area contributed by atoms with Crippen molar-refractivity contribution in [3.05, 3.63) is 35.9 Å². The van der Waals surface area contributed by atoms with Crippen molar-refractivity contribution < 1.29 is 19.4 Å². The third kappa shape index (κ3) is 4.49. The third-order valence-electron chi connectivity index (χ3n) is 9.24. The number of ether oxygens (including phenoxy) is 2. The molecule has 4 fully saturated rings. The van der Waals surface area contributed by atoms with Crippen molar-refractivity contribution in [2.75, 3.05) is 31.2 Å². The average Bonchev–Trinajstić information content (AvgIpc) is 2.83. The highest BCUT2D eigenvalue weighted by Crippen LogP contribution is 2.62. The Morgan fingerprint density at radius 2 is 1.88 bits per heavy atom. The highest BCUT2D eigenvalue weighted by molar-refractivity contribution is 7.99. The standard InChI is InChI=1S/C27H39NO4S/c1-26-11-10-23-27(2,18-31-25(32-23)16-19-6-4-3-5-7-19)22(26)9-8-21(29)20(26)17-24(30)28-12-14-33-15-13-28/h3-7,20-23,25,29H,8-18H2,1-2H3. The van der Waals surface area contributed by atoms with Crippen molar-refractivity contribution in [3.8, 4) is 0 Å². The van der Waals surface area contributed by atoms with Crippen LogP contribution in [0.2, 0.25) is 0 Å². The predicted octanol–water partition coefficient (Wildman–Crippen LogP) is 4.13. The maximum Gasteiger partial charge on any atom is 0.223 e. The largest absolute Gasteiger partial charge is 0.393 e. The Kier molecular flexibility index (Phi) is 6.82. The molecule has 7 unspecified atom stereocenters. The molecule has 4 aliphatic rings. The zero-order valence-corrected chi connectivity index (χ0v) is 20.9. The molecule has 5 rings (SSSR count). The van der Waals surface area contributed by atoms with Crippen LogP contribution in [-0.2, 0) is 20.7 Å². The van der Waals surface area contributed by atoms with Gasteiger partial charge in [-0.25, -0.2) is 0 Å². The summed E-state index contributed by atoms with van der Waals surface area (Å²) in [4.78, 5) is 15.2. The van der Waals surface area contributed by atoms with Crippen LogP contribution in [-0.4, -0.2) is 65.6 Å². The summed E-state index contributed by atoms with van der Waals surface area (Å²) in [5, 5.41) is 11.1. The topological polar surface area (TPSA) is 59.0 Å². The Morgan fingerprint density at radius 3 is 2.64 bits per heavy atom. The lowest BCUT2D eigenvalue weighted by Gasteiger charge is -2.63. The number of aliphatic hydroxyl groups excluding tert-OH is 1. The van der Waals surface area contributed by atoms with Crippen LogP contribution in [0.25, 0.3) is 0 Å². The van der Waals surface area contributed by atoms with E-state index < -0.39 is 6.10 Å². The molecule has 6 heteroatoms. The normalized spacial score (nSPS) is 41.2. The van der Waals surface area contributed by atoms with Crippen LogP contribution in [0.15, 0.2) is 30.3 Å². The maximum absolute atomic E-state index is 13.2. The second kappa shape index (κ2) is 9.52. The van der Waals surface area contributed by atoms with Gasteiger partial charge in [-0.3, -0.25) is 4.79 Å². The van der Waals surface area contributed by atoms with Crippen LogP contribution < -0.4 is 0 Å². The molecule has 0 radical (unpaired) electrons. The number of rotatable bonds is 4. The summed E-state index contributed by atoms with van der Waals surface area (Å²) in [6.45, 7) is 7.04. The van der Waals surface area contributed by atoms with Crippen molar-refractivity contribution in [3.63, 3.8) is 0 Å². The predicted molar refractivity (Wildman–Crippen MR) is 131 cm³/mol. The number of hydrogen-bond donors (Lipinski definition) is 1. The van der Waals surface area contributed by atoms with E-state index in [9.17, 15) is 9.90 Å². The number of aliphatic hydroxyl groups is 1. The summed E-state index contributed by atoms with van der Waals surface area (Å²) in [6, 6.07) is 10.4. The van der Waals surface area contributed by atoms with Crippen molar-refractivity contribution >= 4 is 17.7 Å². The molecule has 0 bridgehead atoms. The first-order valence-corrected chi connectivity index (χ1v) is 13.9. The number of benzene rings is 1. The van der Waals surface area contributed by atoms with Crippen LogP contribution in [0.5, 0.6) is 0 Å². The molecular formula is C27H39NO4S. The molecule has 33 heavy (non-hydrogen) atoms. The van der Waals surface area contributed by atoms with E-state index in [1.165, 1.54) is 5.56 Å². The summed E-state index contributed by atoms with van der Waals surface area (Å²) in [5.74, 6) is 2.68. The van der Waals surface area contributed by atoms with Gasteiger partial charge in [-0.05, 0) is 48.5 Å². The molecule has 5 nitrogen and oxygen atoms in total. The fourth-order valence-electron chi connectivity index (χ4n) is 7.33. The van der Waals surface area contributed by atoms with E-state index in [1.807, 2.05) is 22.7 Å². The Balaban J connectivity index is 1.30. The molecule has 0 aromatic heterocycles. The second-order valence-corrected chi connectivity index (χ2v) is 12.3. The van der Waals surface area contributed by atoms with Gasteiger partial charge in [-0.2, -0.15) is 11.8 Å². The minimum absolute atomic E-state index is 0.0122. The van der Waals surface area contributed by atoms with E-state index in [4.69, 9.17) is 9.47 Å². The molecule has 1 aromatic rings. The smallest absolute Gasteiger partial charge is 0.223 e. The van der Waals surface area contributed by atoms with Gasteiger partial charge in [0, 0.05) is 42.9 Å². The van der Waals surface area contributed by atoms with Crippen molar-refractivity contribution in [2.24, 2.45) is 22.7 Å². The van der Waals surface area contributed by atoms with Gasteiger partial charge in [0.05, 0.1) is 18.8 Å². The van der Waals surface area contributed by atoms with Gasteiger partial charge < -0.3 is 19.5 Å². The molecule has 1 N–H and O–H groups in total. The van der Waals surface area contributed by atoms with E-state index in [1.54, 1.807) is 0 Å². The fourth-order valence-corrected chi connectivity index (χ4v) is 8.23. The molecule has 2 aliphatic heterocycles. The molecule has 182 valence electrons. The highest BCUT2D eigenvalue weighted by atomic mass is 32.2. The average molecular weight is 474 g/mol. The number of hydrogen-bond acceptors (Lipinski definition) is 5. The van der Waals surface area contributed by atoms with Gasteiger partial charge in [-0.1, -0.05) is 44.2 Å². The Bertz CT molecular complexity index is 831. The molecule has 1 aromatic carbocycles. The van der Waals surface area contributed by atoms with Gasteiger partial charge in [0.2, 0.25) is 5.91 Å². The SMILES string of the molecule is CC12COC(Cc3ccccc3)OC1CCC1(C)C(CC(=O)N3CCSCC3)C(O)CCC21. The summed E-state index contributed by atoms with van der Waals surface area (Å²) >= 11 is 1.92. The molecular weight excluding hydrogens is 434 g/mol. The lowest BCUT2D eigenvalue weighted by Crippen LogP contribution is -2.63. The van der Waals surface area contributed by atoms with Gasteiger partial charge in [-0.15, -0.1) is 0 Å². The first-order chi connectivity index (χ1) is 15.9. The fraction of sp³-hybridized carbons (Fsp3) is 0.741. The van der Waals surface area contributed by atoms with Gasteiger partial charge in [0.15, 0.2) is 6.29 Å². The summed E-state index contributed by atoms with van der Waals surface area (Å²) in [6.07, 6.45) is 4.54. The molecule has 2 saturated carbocycles. The number of thioether (sulfide) groups is 1. The van der Waals surface area contributed by atoms with Crippen molar-refractivity contribution in [2.45, 2.75) is 70.9 Å². The number of carbonyl (C=O) groups excluding carboxylic acids is 1. The third-order valence-corrected chi connectivity index (χ3v) is 10.2. The van der Waals surface area contributed by atoms with E-state index in [2.05, 4.69) is 38.1 Å². The molecule has 1 amide bonds. The van der Waals surface area contributed by atoms with E-state index in [0.717, 1.165) is 56.7 Å². The molecule has 2 saturated heterocycles.